The average Bonchev–Trinajstić information content (AvgIpc) is 2.89. The largest absolute Gasteiger partial charge is 0.508 e. The summed E-state index contributed by atoms with van der Waals surface area (Å²) in [6, 6.07) is 6.95. The van der Waals surface area contributed by atoms with Crippen molar-refractivity contribution in [3.63, 3.8) is 0 Å². The Morgan fingerprint density at radius 2 is 2.11 bits per heavy atom. The van der Waals surface area contributed by atoms with E-state index >= 15 is 0 Å². The molecule has 1 saturated heterocycles. The highest BCUT2D eigenvalue weighted by Crippen LogP contribution is 2.27. The van der Waals surface area contributed by atoms with Crippen molar-refractivity contribution in [3.05, 3.63) is 30.2 Å². The van der Waals surface area contributed by atoms with Crippen molar-refractivity contribution in [2.45, 2.75) is 25.8 Å². The highest BCUT2D eigenvalue weighted by molar-refractivity contribution is 5.55. The molecule has 0 bridgehead atoms. The number of hydrogen-bond acceptors (Lipinski definition) is 5. The Balaban J connectivity index is 1.81. The third-order valence-electron chi connectivity index (χ3n) is 3.53. The number of nitrogens with zero attached hydrogens (tertiary/aromatic N) is 2. The van der Waals surface area contributed by atoms with Gasteiger partial charge in [0.2, 0.25) is 11.7 Å². The molecule has 5 nitrogen and oxygen atoms in total. The predicted octanol–water partition coefficient (Wildman–Crippen LogP) is 2.50. The number of aromatic nitrogens is 2. The minimum atomic E-state index is 0.155. The molecule has 2 atom stereocenters. The van der Waals surface area contributed by atoms with Gasteiger partial charge in [-0.3, -0.25) is 0 Å². The molecule has 1 fully saturated rings. The Labute approximate surface area is 111 Å². The quantitative estimate of drug-likeness (QED) is 0.867. The number of benzene rings is 1. The lowest BCUT2D eigenvalue weighted by molar-refractivity contribution is 0.260. The van der Waals surface area contributed by atoms with Crippen LogP contribution in [-0.2, 0) is 0 Å². The number of piperidine rings is 1. The van der Waals surface area contributed by atoms with Crippen LogP contribution in [0.1, 0.15) is 31.7 Å². The van der Waals surface area contributed by atoms with Crippen molar-refractivity contribution in [1.29, 1.82) is 0 Å². The number of aromatic hydroxyl groups is 1. The zero-order valence-corrected chi connectivity index (χ0v) is 10.8. The second-order valence-corrected chi connectivity index (χ2v) is 5.14. The average molecular weight is 259 g/mol. The second kappa shape index (κ2) is 5.01. The van der Waals surface area contributed by atoms with Gasteiger partial charge in [-0.15, -0.1) is 0 Å². The summed E-state index contributed by atoms with van der Waals surface area (Å²) in [7, 11) is 0. The smallest absolute Gasteiger partial charge is 0.244 e. The summed E-state index contributed by atoms with van der Waals surface area (Å²) in [6.07, 6.45) is 2.21. The van der Waals surface area contributed by atoms with Gasteiger partial charge in [-0.05, 0) is 49.6 Å². The summed E-state index contributed by atoms with van der Waals surface area (Å²) in [4.78, 5) is 4.45. The van der Waals surface area contributed by atoms with E-state index in [2.05, 4.69) is 22.4 Å². The second-order valence-electron chi connectivity index (χ2n) is 5.14. The zero-order chi connectivity index (χ0) is 13.2. The topological polar surface area (TPSA) is 71.2 Å². The van der Waals surface area contributed by atoms with E-state index in [0.29, 0.717) is 17.6 Å². The maximum absolute atomic E-state index is 9.27. The molecule has 1 aliphatic heterocycles. The lowest BCUT2D eigenvalue weighted by atomic mass is 9.94. The van der Waals surface area contributed by atoms with Gasteiger partial charge in [0.25, 0.3) is 0 Å². The maximum atomic E-state index is 9.27. The van der Waals surface area contributed by atoms with E-state index in [4.69, 9.17) is 4.52 Å². The molecule has 0 aliphatic carbocycles. The molecule has 0 radical (unpaired) electrons. The summed E-state index contributed by atoms with van der Waals surface area (Å²) in [5.74, 6) is 2.12. The standard InChI is InChI=1S/C14H17N3O2/c1-9-6-7-15-12(8-9)14-16-13(17-19-14)10-2-4-11(18)5-3-10/h2-5,9,12,15,18H,6-8H2,1H3. The van der Waals surface area contributed by atoms with E-state index in [1.165, 1.54) is 6.42 Å². The van der Waals surface area contributed by atoms with E-state index < -0.39 is 0 Å². The summed E-state index contributed by atoms with van der Waals surface area (Å²) in [5, 5.41) is 16.7. The van der Waals surface area contributed by atoms with Crippen LogP contribution in [0.15, 0.2) is 28.8 Å². The SMILES string of the molecule is CC1CCNC(c2nc(-c3ccc(O)cc3)no2)C1. The molecule has 2 N–H and O–H groups in total. The van der Waals surface area contributed by atoms with Crippen LogP contribution in [-0.4, -0.2) is 21.8 Å². The lowest BCUT2D eigenvalue weighted by Gasteiger charge is -2.25. The van der Waals surface area contributed by atoms with Crippen LogP contribution in [0.4, 0.5) is 0 Å². The van der Waals surface area contributed by atoms with Crippen molar-refractivity contribution in [1.82, 2.24) is 15.5 Å². The first-order valence-corrected chi connectivity index (χ1v) is 6.59. The van der Waals surface area contributed by atoms with E-state index in [-0.39, 0.29) is 11.8 Å². The first kappa shape index (κ1) is 12.2. The fraction of sp³-hybridized carbons (Fsp3) is 0.429. The van der Waals surface area contributed by atoms with Crippen LogP contribution in [0.5, 0.6) is 5.75 Å². The molecule has 1 aromatic heterocycles. The molecule has 19 heavy (non-hydrogen) atoms. The van der Waals surface area contributed by atoms with Crippen LogP contribution in [0.25, 0.3) is 11.4 Å². The van der Waals surface area contributed by atoms with Crippen molar-refractivity contribution in [2.75, 3.05) is 6.54 Å². The fourth-order valence-corrected chi connectivity index (χ4v) is 2.40. The molecule has 2 heterocycles. The normalized spacial score (nSPS) is 23.4. The van der Waals surface area contributed by atoms with Crippen LogP contribution in [0, 0.1) is 5.92 Å². The van der Waals surface area contributed by atoms with Gasteiger partial charge in [-0.1, -0.05) is 12.1 Å². The van der Waals surface area contributed by atoms with Gasteiger partial charge in [-0.2, -0.15) is 4.98 Å². The first-order valence-electron chi connectivity index (χ1n) is 6.59. The summed E-state index contributed by atoms with van der Waals surface area (Å²) in [6.45, 7) is 3.23. The molecule has 0 saturated carbocycles. The number of hydrogen-bond donors (Lipinski definition) is 2. The van der Waals surface area contributed by atoms with Gasteiger partial charge >= 0.3 is 0 Å². The van der Waals surface area contributed by atoms with E-state index in [1.54, 1.807) is 24.3 Å². The van der Waals surface area contributed by atoms with Crippen LogP contribution < -0.4 is 5.32 Å². The molecule has 1 aromatic carbocycles. The van der Waals surface area contributed by atoms with Gasteiger partial charge in [0.05, 0.1) is 6.04 Å². The van der Waals surface area contributed by atoms with E-state index in [1.807, 2.05) is 0 Å². The molecule has 1 aliphatic rings. The molecule has 0 spiro atoms. The Morgan fingerprint density at radius 1 is 1.32 bits per heavy atom. The predicted molar refractivity (Wildman–Crippen MR) is 70.5 cm³/mol. The minimum Gasteiger partial charge on any atom is -0.508 e. The van der Waals surface area contributed by atoms with E-state index in [0.717, 1.165) is 18.5 Å². The van der Waals surface area contributed by atoms with Crippen molar-refractivity contribution < 1.29 is 9.63 Å². The number of phenols is 1. The Morgan fingerprint density at radius 3 is 2.84 bits per heavy atom. The van der Waals surface area contributed by atoms with E-state index in [9.17, 15) is 5.11 Å². The summed E-state index contributed by atoms with van der Waals surface area (Å²) >= 11 is 0. The number of phenolic OH excluding ortho intramolecular Hbond substituents is 1. The summed E-state index contributed by atoms with van der Waals surface area (Å²) in [5.41, 5.74) is 0.844. The Hall–Kier alpha value is -1.88. The minimum absolute atomic E-state index is 0.155. The molecule has 0 amide bonds. The monoisotopic (exact) mass is 259 g/mol. The third kappa shape index (κ3) is 2.61. The molecular weight excluding hydrogens is 242 g/mol. The maximum Gasteiger partial charge on any atom is 0.244 e. The van der Waals surface area contributed by atoms with Gasteiger partial charge in [0.15, 0.2) is 0 Å². The summed E-state index contributed by atoms with van der Waals surface area (Å²) < 4.78 is 5.35. The molecule has 3 rings (SSSR count). The van der Waals surface area contributed by atoms with Gasteiger partial charge in [-0.25, -0.2) is 0 Å². The van der Waals surface area contributed by atoms with Crippen molar-refractivity contribution in [2.24, 2.45) is 5.92 Å². The van der Waals surface area contributed by atoms with Gasteiger partial charge in [0, 0.05) is 5.56 Å². The molecule has 100 valence electrons. The van der Waals surface area contributed by atoms with Crippen LogP contribution in [0.3, 0.4) is 0 Å². The van der Waals surface area contributed by atoms with Crippen LogP contribution >= 0.6 is 0 Å². The molecule has 2 unspecified atom stereocenters. The van der Waals surface area contributed by atoms with Crippen molar-refractivity contribution >= 4 is 0 Å². The highest BCUT2D eigenvalue weighted by atomic mass is 16.5. The molecule has 5 heteroatoms. The van der Waals surface area contributed by atoms with Crippen LogP contribution in [0.2, 0.25) is 0 Å². The Kier molecular flexibility index (Phi) is 3.21. The van der Waals surface area contributed by atoms with Gasteiger partial charge in [0.1, 0.15) is 5.75 Å². The number of nitrogens with one attached hydrogen (secondary N) is 1. The Bertz CT molecular complexity index is 550. The highest BCUT2D eigenvalue weighted by Gasteiger charge is 2.24. The number of rotatable bonds is 2. The fourth-order valence-electron chi connectivity index (χ4n) is 2.40. The zero-order valence-electron chi connectivity index (χ0n) is 10.8. The third-order valence-corrected chi connectivity index (χ3v) is 3.53. The lowest BCUT2D eigenvalue weighted by Crippen LogP contribution is -2.30. The molecular formula is C14H17N3O2. The molecule has 2 aromatic rings. The van der Waals surface area contributed by atoms with Crippen molar-refractivity contribution in [3.8, 4) is 17.1 Å². The van der Waals surface area contributed by atoms with Gasteiger partial charge < -0.3 is 14.9 Å². The first-order chi connectivity index (χ1) is 9.22.